The van der Waals surface area contributed by atoms with Crippen LogP contribution in [0.15, 0.2) is 36.4 Å². The van der Waals surface area contributed by atoms with Gasteiger partial charge in [-0.3, -0.25) is 0 Å². The maximum atomic E-state index is 12.7. The number of ether oxygens (including phenoxy) is 1. The third-order valence-electron chi connectivity index (χ3n) is 3.27. The van der Waals surface area contributed by atoms with E-state index in [1.165, 1.54) is 19.2 Å². The topological polar surface area (TPSA) is 58.1 Å². The molecular weight excluding hydrogens is 297 g/mol. The molecule has 0 saturated heterocycles. The van der Waals surface area contributed by atoms with Gasteiger partial charge >= 0.3 is 6.18 Å². The number of hydrogen-bond donors (Lipinski definition) is 2. The third kappa shape index (κ3) is 2.45. The van der Waals surface area contributed by atoms with Crippen LogP contribution in [-0.4, -0.2) is 22.2 Å². The molecule has 1 aromatic heterocycles. The Morgan fingerprint density at radius 2 is 1.91 bits per heavy atom. The highest BCUT2D eigenvalue weighted by atomic mass is 19.4. The number of halogens is 3. The lowest BCUT2D eigenvalue weighted by atomic mass is 10.2. The van der Waals surface area contributed by atoms with Crippen LogP contribution in [0.25, 0.3) is 22.4 Å². The van der Waals surface area contributed by atoms with E-state index >= 15 is 0 Å². The number of imidazole rings is 1. The SMILES string of the molecule is COc1ccc(O)c(-c2nc3ccc(C(F)(F)F)cc3[nH]2)c1. The second-order valence-electron chi connectivity index (χ2n) is 4.70. The number of phenolic OH excluding ortho intramolecular Hbond substituents is 1. The molecule has 22 heavy (non-hydrogen) atoms. The zero-order valence-electron chi connectivity index (χ0n) is 11.4. The van der Waals surface area contributed by atoms with Crippen LogP contribution in [0.2, 0.25) is 0 Å². The van der Waals surface area contributed by atoms with E-state index in [9.17, 15) is 18.3 Å². The van der Waals surface area contributed by atoms with Crippen LogP contribution >= 0.6 is 0 Å². The average Bonchev–Trinajstić information content (AvgIpc) is 2.89. The van der Waals surface area contributed by atoms with Crippen LogP contribution in [0.4, 0.5) is 13.2 Å². The lowest BCUT2D eigenvalue weighted by Crippen LogP contribution is -2.04. The van der Waals surface area contributed by atoms with E-state index in [2.05, 4.69) is 9.97 Å². The molecular formula is C15H11F3N2O2. The van der Waals surface area contributed by atoms with Crippen molar-refractivity contribution in [2.24, 2.45) is 0 Å². The van der Waals surface area contributed by atoms with E-state index < -0.39 is 11.7 Å². The summed E-state index contributed by atoms with van der Waals surface area (Å²) in [6.45, 7) is 0. The second kappa shape index (κ2) is 4.94. The minimum absolute atomic E-state index is 0.0455. The molecule has 0 bridgehead atoms. The van der Waals surface area contributed by atoms with Gasteiger partial charge in [-0.05, 0) is 36.4 Å². The second-order valence-corrected chi connectivity index (χ2v) is 4.70. The Kier molecular flexibility index (Phi) is 3.20. The molecule has 7 heteroatoms. The molecule has 0 atom stereocenters. The van der Waals surface area contributed by atoms with Crippen LogP contribution < -0.4 is 4.74 Å². The van der Waals surface area contributed by atoms with E-state index in [-0.39, 0.29) is 17.1 Å². The molecule has 2 aromatic carbocycles. The molecule has 4 nitrogen and oxygen atoms in total. The summed E-state index contributed by atoms with van der Waals surface area (Å²) in [5, 5.41) is 9.90. The zero-order chi connectivity index (χ0) is 15.9. The summed E-state index contributed by atoms with van der Waals surface area (Å²) in [4.78, 5) is 6.99. The Morgan fingerprint density at radius 3 is 2.59 bits per heavy atom. The summed E-state index contributed by atoms with van der Waals surface area (Å²) in [5.41, 5.74) is 0.214. The quantitative estimate of drug-likeness (QED) is 0.753. The zero-order valence-corrected chi connectivity index (χ0v) is 11.4. The summed E-state index contributed by atoms with van der Waals surface area (Å²) in [6.07, 6.45) is -4.42. The van der Waals surface area contributed by atoms with Crippen LogP contribution in [0.5, 0.6) is 11.5 Å². The lowest BCUT2D eigenvalue weighted by Gasteiger charge is -2.05. The van der Waals surface area contributed by atoms with Gasteiger partial charge in [-0.25, -0.2) is 4.98 Å². The first kappa shape index (κ1) is 14.2. The maximum Gasteiger partial charge on any atom is 0.416 e. The van der Waals surface area contributed by atoms with Gasteiger partial charge in [0.2, 0.25) is 0 Å². The number of benzene rings is 2. The molecule has 0 aliphatic carbocycles. The summed E-state index contributed by atoms with van der Waals surface area (Å²) < 4.78 is 43.2. The number of methoxy groups -OCH3 is 1. The third-order valence-corrected chi connectivity index (χ3v) is 3.27. The van der Waals surface area contributed by atoms with Crippen molar-refractivity contribution in [1.82, 2.24) is 9.97 Å². The number of H-pyrrole nitrogens is 1. The summed E-state index contributed by atoms with van der Waals surface area (Å²) in [7, 11) is 1.48. The van der Waals surface area contributed by atoms with Crippen molar-refractivity contribution in [2.45, 2.75) is 6.18 Å². The number of hydrogen-bond acceptors (Lipinski definition) is 3. The standard InChI is InChI=1S/C15H11F3N2O2/c1-22-9-3-5-13(21)10(7-9)14-19-11-4-2-8(15(16,17)18)6-12(11)20-14/h2-7,21H,1H3,(H,19,20). The normalized spacial score (nSPS) is 11.8. The molecule has 0 radical (unpaired) electrons. The number of aromatic amines is 1. The van der Waals surface area contributed by atoms with Gasteiger partial charge in [0.1, 0.15) is 17.3 Å². The van der Waals surface area contributed by atoms with Crippen molar-refractivity contribution < 1.29 is 23.0 Å². The van der Waals surface area contributed by atoms with Gasteiger partial charge in [0.25, 0.3) is 0 Å². The Balaban J connectivity index is 2.13. The van der Waals surface area contributed by atoms with Gasteiger partial charge in [-0.2, -0.15) is 13.2 Å². The van der Waals surface area contributed by atoms with E-state index in [1.54, 1.807) is 12.1 Å². The largest absolute Gasteiger partial charge is 0.507 e. The first-order chi connectivity index (χ1) is 10.4. The molecule has 114 valence electrons. The maximum absolute atomic E-state index is 12.7. The van der Waals surface area contributed by atoms with Crippen molar-refractivity contribution in [1.29, 1.82) is 0 Å². The molecule has 1 heterocycles. The van der Waals surface area contributed by atoms with Crippen molar-refractivity contribution >= 4 is 11.0 Å². The first-order valence-electron chi connectivity index (χ1n) is 6.33. The summed E-state index contributed by atoms with van der Waals surface area (Å²) >= 11 is 0. The molecule has 0 aliphatic rings. The van der Waals surface area contributed by atoms with Crippen LogP contribution in [0, 0.1) is 0 Å². The van der Waals surface area contributed by atoms with Gasteiger partial charge < -0.3 is 14.8 Å². The molecule has 3 aromatic rings. The molecule has 0 fully saturated rings. The fraction of sp³-hybridized carbons (Fsp3) is 0.133. The number of aromatic nitrogens is 2. The number of nitrogens with zero attached hydrogens (tertiary/aromatic N) is 1. The molecule has 0 aliphatic heterocycles. The first-order valence-corrected chi connectivity index (χ1v) is 6.33. The van der Waals surface area contributed by atoms with Gasteiger partial charge in [0.05, 0.1) is 29.3 Å². The summed E-state index contributed by atoms with van der Waals surface area (Å²) in [5.74, 6) is 0.728. The Morgan fingerprint density at radius 1 is 1.14 bits per heavy atom. The number of rotatable bonds is 2. The number of fused-ring (bicyclic) bond motifs is 1. The Bertz CT molecular complexity index is 840. The van der Waals surface area contributed by atoms with Gasteiger partial charge in [-0.15, -0.1) is 0 Å². The highest BCUT2D eigenvalue weighted by Crippen LogP contribution is 2.34. The fourth-order valence-electron chi connectivity index (χ4n) is 2.15. The number of aromatic hydroxyl groups is 1. The van der Waals surface area contributed by atoms with Crippen molar-refractivity contribution in [3.63, 3.8) is 0 Å². The lowest BCUT2D eigenvalue weighted by molar-refractivity contribution is -0.137. The molecule has 2 N–H and O–H groups in total. The van der Waals surface area contributed by atoms with Crippen LogP contribution in [0.1, 0.15) is 5.56 Å². The predicted octanol–water partition coefficient (Wildman–Crippen LogP) is 3.96. The number of nitrogens with one attached hydrogen (secondary N) is 1. The number of phenols is 1. The Hall–Kier alpha value is -2.70. The smallest absolute Gasteiger partial charge is 0.416 e. The fourth-order valence-corrected chi connectivity index (χ4v) is 2.15. The van der Waals surface area contributed by atoms with E-state index in [0.29, 0.717) is 16.8 Å². The molecule has 0 amide bonds. The molecule has 0 unspecified atom stereocenters. The van der Waals surface area contributed by atoms with Gasteiger partial charge in [0, 0.05) is 0 Å². The van der Waals surface area contributed by atoms with E-state index in [0.717, 1.165) is 12.1 Å². The van der Waals surface area contributed by atoms with Gasteiger partial charge in [0.15, 0.2) is 0 Å². The van der Waals surface area contributed by atoms with E-state index in [4.69, 9.17) is 4.74 Å². The van der Waals surface area contributed by atoms with Crippen molar-refractivity contribution in [2.75, 3.05) is 7.11 Å². The predicted molar refractivity (Wildman–Crippen MR) is 74.7 cm³/mol. The van der Waals surface area contributed by atoms with Gasteiger partial charge in [-0.1, -0.05) is 0 Å². The van der Waals surface area contributed by atoms with Crippen molar-refractivity contribution in [3.8, 4) is 22.9 Å². The van der Waals surface area contributed by atoms with E-state index in [1.807, 2.05) is 0 Å². The molecule has 3 rings (SSSR count). The molecule has 0 saturated carbocycles. The molecule has 0 spiro atoms. The highest BCUT2D eigenvalue weighted by Gasteiger charge is 2.30. The monoisotopic (exact) mass is 308 g/mol. The van der Waals surface area contributed by atoms with Crippen LogP contribution in [-0.2, 0) is 6.18 Å². The van der Waals surface area contributed by atoms with Crippen LogP contribution in [0.3, 0.4) is 0 Å². The Labute approximate surface area is 123 Å². The van der Waals surface area contributed by atoms with Crippen molar-refractivity contribution in [3.05, 3.63) is 42.0 Å². The highest BCUT2D eigenvalue weighted by molar-refractivity contribution is 5.81. The average molecular weight is 308 g/mol. The summed E-state index contributed by atoms with van der Waals surface area (Å²) in [6, 6.07) is 7.81. The number of alkyl halides is 3. The minimum Gasteiger partial charge on any atom is -0.507 e. The minimum atomic E-state index is -4.42.